The number of anilines is 1. The van der Waals surface area contributed by atoms with Crippen molar-refractivity contribution in [3.8, 4) is 11.5 Å². The number of para-hydroxylation sites is 1. The predicted molar refractivity (Wildman–Crippen MR) is 112 cm³/mol. The number of ether oxygens (including phenoxy) is 2. The Morgan fingerprint density at radius 1 is 1.18 bits per heavy atom. The van der Waals surface area contributed by atoms with Crippen LogP contribution in [-0.2, 0) is 4.79 Å². The summed E-state index contributed by atoms with van der Waals surface area (Å²) in [6.45, 7) is 6.22. The molecule has 1 fully saturated rings. The van der Waals surface area contributed by atoms with E-state index < -0.39 is 11.9 Å². The van der Waals surface area contributed by atoms with E-state index in [1.165, 1.54) is 0 Å². The van der Waals surface area contributed by atoms with Crippen LogP contribution in [-0.4, -0.2) is 24.6 Å². The second-order valence-corrected chi connectivity index (χ2v) is 7.25. The number of urea groups is 1. The Morgan fingerprint density at radius 3 is 2.54 bits per heavy atom. The molecule has 0 atom stereocenters. The number of imide groups is 1. The van der Waals surface area contributed by atoms with Crippen LogP contribution in [0.25, 0.3) is 6.08 Å². The molecule has 6 nitrogen and oxygen atoms in total. The van der Waals surface area contributed by atoms with E-state index in [0.29, 0.717) is 33.8 Å². The van der Waals surface area contributed by atoms with Crippen LogP contribution in [0.15, 0.2) is 52.6 Å². The minimum absolute atomic E-state index is 0.0187. The number of hydrogen-bond donors (Lipinski definition) is 1. The van der Waals surface area contributed by atoms with Gasteiger partial charge in [0.05, 0.1) is 22.9 Å². The monoisotopic (exact) mass is 444 g/mol. The number of nitrogens with zero attached hydrogens (tertiary/aromatic N) is 1. The lowest BCUT2D eigenvalue weighted by Crippen LogP contribution is -2.30. The van der Waals surface area contributed by atoms with E-state index in [-0.39, 0.29) is 11.8 Å². The minimum atomic E-state index is -0.480. The molecule has 28 heavy (non-hydrogen) atoms. The van der Waals surface area contributed by atoms with Gasteiger partial charge in [0.1, 0.15) is 5.70 Å². The van der Waals surface area contributed by atoms with Crippen molar-refractivity contribution >= 4 is 39.6 Å². The van der Waals surface area contributed by atoms with Gasteiger partial charge in [-0.05, 0) is 72.6 Å². The van der Waals surface area contributed by atoms with E-state index in [1.54, 1.807) is 36.4 Å². The standard InChI is InChI=1S/C21H21BrN2O4/c1-4-27-18-12-14(10-16(22)19(18)28-13(2)3)11-17-20(25)24(21(26)23-17)15-8-6-5-7-9-15/h5-13H,4H2,1-3H3,(H,23,26). The topological polar surface area (TPSA) is 67.9 Å². The molecule has 0 bridgehead atoms. The van der Waals surface area contributed by atoms with E-state index in [9.17, 15) is 9.59 Å². The molecule has 0 unspecified atom stereocenters. The first-order valence-corrected chi connectivity index (χ1v) is 9.75. The highest BCUT2D eigenvalue weighted by Crippen LogP contribution is 2.38. The van der Waals surface area contributed by atoms with Crippen LogP contribution < -0.4 is 19.7 Å². The summed E-state index contributed by atoms with van der Waals surface area (Å²) in [5, 5.41) is 2.63. The Bertz CT molecular complexity index is 926. The van der Waals surface area contributed by atoms with Crippen LogP contribution in [0.5, 0.6) is 11.5 Å². The van der Waals surface area contributed by atoms with Crippen LogP contribution in [0.1, 0.15) is 26.3 Å². The first-order chi connectivity index (χ1) is 13.4. The molecule has 1 aliphatic heterocycles. The van der Waals surface area contributed by atoms with Gasteiger partial charge in [-0.1, -0.05) is 18.2 Å². The molecular weight excluding hydrogens is 424 g/mol. The average Bonchev–Trinajstić information content (AvgIpc) is 2.92. The quantitative estimate of drug-likeness (QED) is 0.516. The minimum Gasteiger partial charge on any atom is -0.490 e. The van der Waals surface area contributed by atoms with Gasteiger partial charge in [0, 0.05) is 0 Å². The zero-order valence-electron chi connectivity index (χ0n) is 15.9. The van der Waals surface area contributed by atoms with Crippen molar-refractivity contribution in [1.82, 2.24) is 5.32 Å². The number of amides is 3. The third kappa shape index (κ3) is 4.20. The van der Waals surface area contributed by atoms with Gasteiger partial charge in [0.2, 0.25) is 0 Å². The number of nitrogens with one attached hydrogen (secondary N) is 1. The summed E-state index contributed by atoms with van der Waals surface area (Å²) >= 11 is 3.50. The summed E-state index contributed by atoms with van der Waals surface area (Å²) < 4.78 is 12.2. The molecule has 1 saturated heterocycles. The third-order valence-electron chi connectivity index (χ3n) is 3.89. The van der Waals surface area contributed by atoms with Gasteiger partial charge < -0.3 is 14.8 Å². The fraction of sp³-hybridized carbons (Fsp3) is 0.238. The molecule has 1 N–H and O–H groups in total. The molecule has 7 heteroatoms. The van der Waals surface area contributed by atoms with Gasteiger partial charge in [-0.15, -0.1) is 0 Å². The van der Waals surface area contributed by atoms with Gasteiger partial charge in [-0.25, -0.2) is 9.69 Å². The lowest BCUT2D eigenvalue weighted by atomic mass is 10.1. The van der Waals surface area contributed by atoms with Gasteiger partial charge in [-0.2, -0.15) is 0 Å². The lowest BCUT2D eigenvalue weighted by Gasteiger charge is -2.17. The van der Waals surface area contributed by atoms with E-state index in [2.05, 4.69) is 21.2 Å². The smallest absolute Gasteiger partial charge is 0.333 e. The van der Waals surface area contributed by atoms with Gasteiger partial charge >= 0.3 is 6.03 Å². The summed E-state index contributed by atoms with van der Waals surface area (Å²) in [6, 6.07) is 11.9. The second kappa shape index (κ2) is 8.48. The molecular formula is C21H21BrN2O4. The summed E-state index contributed by atoms with van der Waals surface area (Å²) in [7, 11) is 0. The van der Waals surface area contributed by atoms with E-state index in [1.807, 2.05) is 32.9 Å². The fourth-order valence-electron chi connectivity index (χ4n) is 2.80. The Labute approximate surface area is 172 Å². The average molecular weight is 445 g/mol. The Morgan fingerprint density at radius 2 is 1.89 bits per heavy atom. The van der Waals surface area contributed by atoms with Crippen molar-refractivity contribution in [2.75, 3.05) is 11.5 Å². The largest absolute Gasteiger partial charge is 0.490 e. The molecule has 0 radical (unpaired) electrons. The van der Waals surface area contributed by atoms with Gasteiger partial charge in [0.25, 0.3) is 5.91 Å². The SMILES string of the molecule is CCOc1cc(C=C2NC(=O)N(c3ccccc3)C2=O)cc(Br)c1OC(C)C. The highest BCUT2D eigenvalue weighted by Gasteiger charge is 2.34. The van der Waals surface area contributed by atoms with Crippen molar-refractivity contribution in [2.45, 2.75) is 26.9 Å². The molecule has 1 aliphatic rings. The number of hydrogen-bond acceptors (Lipinski definition) is 4. The number of carbonyl (C=O) groups excluding carboxylic acids is 2. The Kier molecular flexibility index (Phi) is 6.04. The summed E-state index contributed by atoms with van der Waals surface area (Å²) in [5.74, 6) is 0.758. The first-order valence-electron chi connectivity index (χ1n) is 8.96. The predicted octanol–water partition coefficient (Wildman–Crippen LogP) is 4.73. The number of rotatable bonds is 6. The maximum atomic E-state index is 12.7. The van der Waals surface area contributed by atoms with Crippen molar-refractivity contribution in [3.63, 3.8) is 0 Å². The van der Waals surface area contributed by atoms with E-state index in [0.717, 1.165) is 4.90 Å². The van der Waals surface area contributed by atoms with Gasteiger partial charge in [-0.3, -0.25) is 4.79 Å². The maximum Gasteiger partial charge on any atom is 0.333 e. The third-order valence-corrected chi connectivity index (χ3v) is 4.48. The molecule has 146 valence electrons. The maximum absolute atomic E-state index is 12.7. The first kappa shape index (κ1) is 19.9. The van der Waals surface area contributed by atoms with Gasteiger partial charge in [0.15, 0.2) is 11.5 Å². The van der Waals surface area contributed by atoms with Crippen LogP contribution >= 0.6 is 15.9 Å². The summed E-state index contributed by atoms with van der Waals surface area (Å²) in [4.78, 5) is 26.1. The van der Waals surface area contributed by atoms with Crippen LogP contribution in [0.3, 0.4) is 0 Å². The van der Waals surface area contributed by atoms with Crippen molar-refractivity contribution in [3.05, 3.63) is 58.2 Å². The van der Waals surface area contributed by atoms with E-state index in [4.69, 9.17) is 9.47 Å². The van der Waals surface area contributed by atoms with Crippen molar-refractivity contribution < 1.29 is 19.1 Å². The number of benzene rings is 2. The normalized spacial score (nSPS) is 15.3. The molecule has 2 aromatic rings. The molecule has 3 amide bonds. The van der Waals surface area contributed by atoms with Crippen molar-refractivity contribution in [2.24, 2.45) is 0 Å². The molecule has 0 aromatic heterocycles. The van der Waals surface area contributed by atoms with Crippen molar-refractivity contribution in [1.29, 1.82) is 0 Å². The summed E-state index contributed by atoms with van der Waals surface area (Å²) in [5.41, 5.74) is 1.41. The number of halogens is 1. The molecule has 1 heterocycles. The summed E-state index contributed by atoms with van der Waals surface area (Å²) in [6.07, 6.45) is 1.60. The second-order valence-electron chi connectivity index (χ2n) is 6.39. The fourth-order valence-corrected chi connectivity index (χ4v) is 3.35. The Hall–Kier alpha value is -2.80. The highest BCUT2D eigenvalue weighted by molar-refractivity contribution is 9.10. The van der Waals surface area contributed by atoms with Crippen LogP contribution in [0, 0.1) is 0 Å². The molecule has 0 aliphatic carbocycles. The molecule has 0 spiro atoms. The zero-order chi connectivity index (χ0) is 20.3. The number of carbonyl (C=O) groups is 2. The lowest BCUT2D eigenvalue weighted by molar-refractivity contribution is -0.113. The van der Waals surface area contributed by atoms with Crippen LogP contribution in [0.4, 0.5) is 10.5 Å². The van der Waals surface area contributed by atoms with Crippen LogP contribution in [0.2, 0.25) is 0 Å². The zero-order valence-corrected chi connectivity index (χ0v) is 17.4. The highest BCUT2D eigenvalue weighted by atomic mass is 79.9. The molecule has 2 aromatic carbocycles. The molecule has 3 rings (SSSR count). The Balaban J connectivity index is 1.95. The van der Waals surface area contributed by atoms with E-state index >= 15 is 0 Å². The molecule has 0 saturated carbocycles.